The van der Waals surface area contributed by atoms with E-state index in [1.807, 2.05) is 38.1 Å². The maximum absolute atomic E-state index is 12.2. The summed E-state index contributed by atoms with van der Waals surface area (Å²) >= 11 is 5.82. The second-order valence-electron chi connectivity index (χ2n) is 5.42. The summed E-state index contributed by atoms with van der Waals surface area (Å²) < 4.78 is 11.3. The van der Waals surface area contributed by atoms with Crippen molar-refractivity contribution in [2.24, 2.45) is 0 Å². The molecule has 0 fully saturated rings. The van der Waals surface area contributed by atoms with Crippen LogP contribution >= 0.6 is 11.6 Å². The van der Waals surface area contributed by atoms with E-state index in [1.54, 1.807) is 24.3 Å². The standard InChI is InChI=1S/C19H22ClNO3/c1-3-18(24-17-6-4-5-14(2)13-17)19(22)21-11-12-23-16-9-7-15(20)8-10-16/h4-10,13,18H,3,11-12H2,1-2H3,(H,21,22)/t18-/m0/s1. The Hall–Kier alpha value is -2.20. The predicted molar refractivity (Wildman–Crippen MR) is 95.8 cm³/mol. The van der Waals surface area contributed by atoms with Crippen LogP contribution in [-0.2, 0) is 4.79 Å². The van der Waals surface area contributed by atoms with Crippen LogP contribution in [0.5, 0.6) is 11.5 Å². The molecule has 4 nitrogen and oxygen atoms in total. The second kappa shape index (κ2) is 9.18. The van der Waals surface area contributed by atoms with Crippen LogP contribution < -0.4 is 14.8 Å². The number of nitrogens with one attached hydrogen (secondary N) is 1. The molecule has 0 aromatic heterocycles. The highest BCUT2D eigenvalue weighted by Crippen LogP contribution is 2.16. The van der Waals surface area contributed by atoms with E-state index in [0.29, 0.717) is 30.3 Å². The zero-order chi connectivity index (χ0) is 17.4. The summed E-state index contributed by atoms with van der Waals surface area (Å²) in [7, 11) is 0. The number of amides is 1. The van der Waals surface area contributed by atoms with Gasteiger partial charge in [0.15, 0.2) is 6.10 Å². The molecule has 128 valence electrons. The van der Waals surface area contributed by atoms with Gasteiger partial charge in [-0.1, -0.05) is 30.7 Å². The molecule has 1 amide bonds. The zero-order valence-electron chi connectivity index (χ0n) is 13.9. The minimum absolute atomic E-state index is 0.140. The molecule has 0 aliphatic carbocycles. The van der Waals surface area contributed by atoms with E-state index in [0.717, 1.165) is 11.3 Å². The van der Waals surface area contributed by atoms with Gasteiger partial charge in [-0.15, -0.1) is 0 Å². The minimum Gasteiger partial charge on any atom is -0.492 e. The third-order valence-corrected chi connectivity index (χ3v) is 3.67. The number of carbonyl (C=O) groups is 1. The fraction of sp³-hybridized carbons (Fsp3) is 0.316. The lowest BCUT2D eigenvalue weighted by molar-refractivity contribution is -0.128. The van der Waals surface area contributed by atoms with Gasteiger partial charge in [0.1, 0.15) is 18.1 Å². The third kappa shape index (κ3) is 5.78. The van der Waals surface area contributed by atoms with Crippen molar-refractivity contribution in [1.29, 1.82) is 0 Å². The third-order valence-electron chi connectivity index (χ3n) is 3.41. The van der Waals surface area contributed by atoms with Crippen molar-refractivity contribution in [1.82, 2.24) is 5.32 Å². The van der Waals surface area contributed by atoms with E-state index in [-0.39, 0.29) is 5.91 Å². The lowest BCUT2D eigenvalue weighted by Gasteiger charge is -2.17. The van der Waals surface area contributed by atoms with Crippen LogP contribution in [0, 0.1) is 6.92 Å². The first kappa shape index (κ1) is 18.1. The maximum atomic E-state index is 12.2. The first-order chi connectivity index (χ1) is 11.6. The Morgan fingerprint density at radius 2 is 1.92 bits per heavy atom. The molecule has 24 heavy (non-hydrogen) atoms. The van der Waals surface area contributed by atoms with Gasteiger partial charge in [-0.05, 0) is 55.3 Å². The van der Waals surface area contributed by atoms with Crippen molar-refractivity contribution in [3.63, 3.8) is 0 Å². The zero-order valence-corrected chi connectivity index (χ0v) is 14.7. The van der Waals surface area contributed by atoms with Crippen molar-refractivity contribution in [2.75, 3.05) is 13.2 Å². The molecule has 0 spiro atoms. The first-order valence-corrected chi connectivity index (χ1v) is 8.35. The summed E-state index contributed by atoms with van der Waals surface area (Å²) in [5, 5.41) is 3.50. The van der Waals surface area contributed by atoms with E-state index in [9.17, 15) is 4.79 Å². The van der Waals surface area contributed by atoms with Gasteiger partial charge in [0.05, 0.1) is 6.54 Å². The molecule has 1 N–H and O–H groups in total. The normalized spacial score (nSPS) is 11.6. The van der Waals surface area contributed by atoms with Gasteiger partial charge < -0.3 is 14.8 Å². The van der Waals surface area contributed by atoms with Gasteiger partial charge in [-0.3, -0.25) is 4.79 Å². The van der Waals surface area contributed by atoms with Gasteiger partial charge in [0.2, 0.25) is 0 Å². The highest BCUT2D eigenvalue weighted by molar-refractivity contribution is 6.30. The number of carbonyl (C=O) groups excluding carboxylic acids is 1. The smallest absolute Gasteiger partial charge is 0.261 e. The maximum Gasteiger partial charge on any atom is 0.261 e. The molecule has 2 rings (SSSR count). The van der Waals surface area contributed by atoms with Crippen molar-refractivity contribution in [3.8, 4) is 11.5 Å². The summed E-state index contributed by atoms with van der Waals surface area (Å²) in [6.45, 7) is 4.70. The molecule has 0 aliphatic heterocycles. The fourth-order valence-electron chi connectivity index (χ4n) is 2.16. The number of hydrogen-bond acceptors (Lipinski definition) is 3. The van der Waals surface area contributed by atoms with E-state index in [1.165, 1.54) is 0 Å². The summed E-state index contributed by atoms with van der Waals surface area (Å²) in [4.78, 5) is 12.2. The first-order valence-electron chi connectivity index (χ1n) is 7.98. The monoisotopic (exact) mass is 347 g/mol. The quantitative estimate of drug-likeness (QED) is 0.734. The average molecular weight is 348 g/mol. The van der Waals surface area contributed by atoms with Crippen LogP contribution in [0.4, 0.5) is 0 Å². The van der Waals surface area contributed by atoms with Gasteiger partial charge in [-0.2, -0.15) is 0 Å². The highest BCUT2D eigenvalue weighted by Gasteiger charge is 2.17. The van der Waals surface area contributed by atoms with Crippen LogP contribution in [0.25, 0.3) is 0 Å². The summed E-state index contributed by atoms with van der Waals surface area (Å²) in [6.07, 6.45) is 0.0833. The Morgan fingerprint density at radius 3 is 2.58 bits per heavy atom. The number of rotatable bonds is 8. The molecule has 2 aromatic carbocycles. The van der Waals surface area contributed by atoms with Gasteiger partial charge in [0, 0.05) is 5.02 Å². The SMILES string of the molecule is CC[C@H](Oc1cccc(C)c1)C(=O)NCCOc1ccc(Cl)cc1. The largest absolute Gasteiger partial charge is 0.492 e. The van der Waals surface area contributed by atoms with E-state index < -0.39 is 6.10 Å². The molecular formula is C19H22ClNO3. The predicted octanol–water partition coefficient (Wildman–Crippen LogP) is 4.00. The van der Waals surface area contributed by atoms with E-state index >= 15 is 0 Å². The molecule has 0 heterocycles. The number of halogens is 1. The van der Waals surface area contributed by atoms with Gasteiger partial charge in [-0.25, -0.2) is 0 Å². The van der Waals surface area contributed by atoms with E-state index in [4.69, 9.17) is 21.1 Å². The van der Waals surface area contributed by atoms with Crippen molar-refractivity contribution >= 4 is 17.5 Å². The van der Waals surface area contributed by atoms with Crippen LogP contribution in [0.15, 0.2) is 48.5 Å². The fourth-order valence-corrected chi connectivity index (χ4v) is 2.29. The Labute approximate surface area is 147 Å². The van der Waals surface area contributed by atoms with E-state index in [2.05, 4.69) is 5.32 Å². The molecule has 0 aliphatic rings. The number of benzene rings is 2. The van der Waals surface area contributed by atoms with Gasteiger partial charge >= 0.3 is 0 Å². The Bertz CT molecular complexity index is 658. The summed E-state index contributed by atoms with van der Waals surface area (Å²) in [5.41, 5.74) is 1.10. The molecule has 1 atom stereocenters. The topological polar surface area (TPSA) is 47.6 Å². The molecule has 0 saturated carbocycles. The number of aryl methyl sites for hydroxylation is 1. The summed E-state index contributed by atoms with van der Waals surface area (Å²) in [5.74, 6) is 1.28. The minimum atomic E-state index is -0.512. The lowest BCUT2D eigenvalue weighted by Crippen LogP contribution is -2.39. The molecule has 0 bridgehead atoms. The van der Waals surface area contributed by atoms with Gasteiger partial charge in [0.25, 0.3) is 5.91 Å². The van der Waals surface area contributed by atoms with Crippen molar-refractivity contribution < 1.29 is 14.3 Å². The Morgan fingerprint density at radius 1 is 1.17 bits per heavy atom. The van der Waals surface area contributed by atoms with Crippen LogP contribution in [0.3, 0.4) is 0 Å². The number of hydrogen-bond donors (Lipinski definition) is 1. The Balaban J connectivity index is 1.76. The molecular weight excluding hydrogens is 326 g/mol. The van der Waals surface area contributed by atoms with Crippen LogP contribution in [0.1, 0.15) is 18.9 Å². The summed E-state index contributed by atoms with van der Waals surface area (Å²) in [6, 6.07) is 14.8. The molecule has 5 heteroatoms. The van der Waals surface area contributed by atoms with Crippen molar-refractivity contribution in [3.05, 3.63) is 59.1 Å². The van der Waals surface area contributed by atoms with Crippen LogP contribution in [-0.4, -0.2) is 25.2 Å². The molecule has 2 aromatic rings. The Kier molecular flexibility index (Phi) is 6.94. The second-order valence-corrected chi connectivity index (χ2v) is 5.86. The van der Waals surface area contributed by atoms with Crippen LogP contribution in [0.2, 0.25) is 5.02 Å². The number of ether oxygens (including phenoxy) is 2. The average Bonchev–Trinajstić information content (AvgIpc) is 2.58. The molecule has 0 radical (unpaired) electrons. The highest BCUT2D eigenvalue weighted by atomic mass is 35.5. The lowest BCUT2D eigenvalue weighted by atomic mass is 10.2. The molecule has 0 saturated heterocycles. The van der Waals surface area contributed by atoms with Crippen molar-refractivity contribution in [2.45, 2.75) is 26.4 Å². The molecule has 0 unspecified atom stereocenters.